The molecule has 1 unspecified atom stereocenters. The van der Waals surface area contributed by atoms with Crippen molar-refractivity contribution in [2.24, 2.45) is 4.99 Å². The molecule has 1 aromatic carbocycles. The van der Waals surface area contributed by atoms with E-state index < -0.39 is 14.6 Å². The molecule has 1 saturated heterocycles. The van der Waals surface area contributed by atoms with Gasteiger partial charge in [0.05, 0.1) is 17.0 Å². The van der Waals surface area contributed by atoms with E-state index in [2.05, 4.69) is 10.3 Å². The van der Waals surface area contributed by atoms with Gasteiger partial charge in [0.25, 0.3) is 0 Å². The minimum Gasteiger partial charge on any atom is -0.489 e. The molecule has 0 saturated carbocycles. The van der Waals surface area contributed by atoms with Crippen molar-refractivity contribution in [2.75, 3.05) is 31.9 Å². The van der Waals surface area contributed by atoms with Gasteiger partial charge in [0, 0.05) is 19.6 Å². The van der Waals surface area contributed by atoms with E-state index in [0.29, 0.717) is 19.6 Å². The van der Waals surface area contributed by atoms with E-state index in [1.165, 1.54) is 5.56 Å². The molecule has 146 valence electrons. The van der Waals surface area contributed by atoms with E-state index in [1.54, 1.807) is 13.8 Å². The zero-order valence-corrected chi connectivity index (χ0v) is 17.3. The van der Waals surface area contributed by atoms with Gasteiger partial charge in [-0.05, 0) is 46.8 Å². The van der Waals surface area contributed by atoms with Crippen molar-refractivity contribution in [1.82, 2.24) is 10.2 Å². The second kappa shape index (κ2) is 8.29. The fourth-order valence-corrected chi connectivity index (χ4v) is 4.22. The summed E-state index contributed by atoms with van der Waals surface area (Å²) in [6.45, 7) is 11.7. The predicted molar refractivity (Wildman–Crippen MR) is 107 cm³/mol. The Morgan fingerprint density at radius 3 is 2.58 bits per heavy atom. The Balaban J connectivity index is 2.03. The molecule has 0 aliphatic carbocycles. The molecule has 2 rings (SSSR count). The van der Waals surface area contributed by atoms with Crippen molar-refractivity contribution in [3.8, 4) is 5.75 Å². The van der Waals surface area contributed by atoms with Gasteiger partial charge in [0.1, 0.15) is 11.9 Å². The number of nitrogens with zero attached hydrogens (tertiary/aromatic N) is 2. The van der Waals surface area contributed by atoms with Crippen molar-refractivity contribution in [3.05, 3.63) is 29.8 Å². The van der Waals surface area contributed by atoms with Gasteiger partial charge in [-0.3, -0.25) is 0 Å². The Labute approximate surface area is 157 Å². The second-order valence-electron chi connectivity index (χ2n) is 7.44. The first-order valence-electron chi connectivity index (χ1n) is 9.13. The van der Waals surface area contributed by atoms with Gasteiger partial charge in [-0.25, -0.2) is 13.4 Å². The number of hydrogen-bond donors (Lipinski definition) is 1. The standard InChI is InChI=1S/C19H31N3O3S/c1-6-20-18(22-11-12-26(23,24)19(4,5)14-22)21-13-16(3)25-17-9-7-15(2)8-10-17/h7-10,16H,6,11-14H2,1-5H3,(H,20,21). The summed E-state index contributed by atoms with van der Waals surface area (Å²) in [5.41, 5.74) is 1.19. The largest absolute Gasteiger partial charge is 0.489 e. The summed E-state index contributed by atoms with van der Waals surface area (Å²) in [5, 5.41) is 3.27. The van der Waals surface area contributed by atoms with Gasteiger partial charge >= 0.3 is 0 Å². The smallest absolute Gasteiger partial charge is 0.194 e. The molecule has 1 fully saturated rings. The highest BCUT2D eigenvalue weighted by atomic mass is 32.2. The molecule has 6 nitrogen and oxygen atoms in total. The fourth-order valence-electron chi connectivity index (χ4n) is 2.85. The normalized spacial score (nSPS) is 20.5. The third kappa shape index (κ3) is 5.13. The van der Waals surface area contributed by atoms with Crippen LogP contribution in [-0.4, -0.2) is 62.1 Å². The Hall–Kier alpha value is -1.76. The molecule has 7 heteroatoms. The predicted octanol–water partition coefficient (Wildman–Crippen LogP) is 2.24. The van der Waals surface area contributed by atoms with Gasteiger partial charge in [-0.1, -0.05) is 17.7 Å². The van der Waals surface area contributed by atoms with Crippen LogP contribution in [0.1, 0.15) is 33.3 Å². The summed E-state index contributed by atoms with van der Waals surface area (Å²) in [7, 11) is -3.07. The first-order valence-corrected chi connectivity index (χ1v) is 10.8. The number of sulfone groups is 1. The summed E-state index contributed by atoms with van der Waals surface area (Å²) >= 11 is 0. The van der Waals surface area contributed by atoms with Crippen LogP contribution < -0.4 is 10.1 Å². The molecule has 1 aliphatic heterocycles. The van der Waals surface area contributed by atoms with Crippen LogP contribution >= 0.6 is 0 Å². The molecule has 1 aliphatic rings. The SMILES string of the molecule is CCNC(=NCC(C)Oc1ccc(C)cc1)N1CCS(=O)(=O)C(C)(C)C1. The molecule has 0 radical (unpaired) electrons. The number of rotatable bonds is 5. The van der Waals surface area contributed by atoms with E-state index in [9.17, 15) is 8.42 Å². The topological polar surface area (TPSA) is 71.0 Å². The Bertz CT molecular complexity index is 727. The minimum atomic E-state index is -3.07. The van der Waals surface area contributed by atoms with Crippen molar-refractivity contribution < 1.29 is 13.2 Å². The zero-order valence-electron chi connectivity index (χ0n) is 16.4. The van der Waals surface area contributed by atoms with Crippen LogP contribution in [0.3, 0.4) is 0 Å². The molecular weight excluding hydrogens is 350 g/mol. The van der Waals surface area contributed by atoms with E-state index in [-0.39, 0.29) is 11.9 Å². The molecule has 0 aromatic heterocycles. The maximum atomic E-state index is 12.2. The number of aryl methyl sites for hydroxylation is 1. The van der Waals surface area contributed by atoms with Crippen molar-refractivity contribution in [2.45, 2.75) is 45.5 Å². The lowest BCUT2D eigenvalue weighted by molar-refractivity contribution is 0.229. The minimum absolute atomic E-state index is 0.0760. The van der Waals surface area contributed by atoms with Gasteiger partial charge < -0.3 is 15.0 Å². The zero-order chi connectivity index (χ0) is 19.4. The van der Waals surface area contributed by atoms with Crippen molar-refractivity contribution in [3.63, 3.8) is 0 Å². The van der Waals surface area contributed by atoms with Gasteiger partial charge in [0.15, 0.2) is 15.8 Å². The number of nitrogens with one attached hydrogen (secondary N) is 1. The second-order valence-corrected chi connectivity index (χ2v) is 10.2. The van der Waals surface area contributed by atoms with Gasteiger partial charge in [-0.15, -0.1) is 0 Å². The van der Waals surface area contributed by atoms with E-state index in [1.807, 2.05) is 49.9 Å². The summed E-state index contributed by atoms with van der Waals surface area (Å²) in [6.07, 6.45) is -0.0760. The first-order chi connectivity index (χ1) is 12.1. The molecule has 26 heavy (non-hydrogen) atoms. The lowest BCUT2D eigenvalue weighted by atomic mass is 10.2. The maximum Gasteiger partial charge on any atom is 0.194 e. The quantitative estimate of drug-likeness (QED) is 0.626. The van der Waals surface area contributed by atoms with E-state index in [0.717, 1.165) is 18.3 Å². The number of guanidine groups is 1. The monoisotopic (exact) mass is 381 g/mol. The first kappa shape index (κ1) is 20.6. The Morgan fingerprint density at radius 1 is 1.35 bits per heavy atom. The van der Waals surface area contributed by atoms with Crippen LogP contribution in [0.15, 0.2) is 29.3 Å². The Morgan fingerprint density at radius 2 is 2.00 bits per heavy atom. The Kier molecular flexibility index (Phi) is 6.55. The van der Waals surface area contributed by atoms with Crippen LogP contribution in [0.4, 0.5) is 0 Å². The molecular formula is C19H31N3O3S. The van der Waals surface area contributed by atoms with Crippen molar-refractivity contribution >= 4 is 15.8 Å². The van der Waals surface area contributed by atoms with Crippen LogP contribution in [0.5, 0.6) is 5.75 Å². The summed E-state index contributed by atoms with van der Waals surface area (Å²) in [4.78, 5) is 6.71. The van der Waals surface area contributed by atoms with Crippen LogP contribution in [0.2, 0.25) is 0 Å². The summed E-state index contributed by atoms with van der Waals surface area (Å²) in [6, 6.07) is 7.95. The van der Waals surface area contributed by atoms with Crippen LogP contribution in [-0.2, 0) is 9.84 Å². The highest BCUT2D eigenvalue weighted by Crippen LogP contribution is 2.23. The molecule has 0 spiro atoms. The van der Waals surface area contributed by atoms with Crippen LogP contribution in [0.25, 0.3) is 0 Å². The van der Waals surface area contributed by atoms with Gasteiger partial charge in [-0.2, -0.15) is 0 Å². The molecule has 0 amide bonds. The molecule has 1 aromatic rings. The third-order valence-electron chi connectivity index (χ3n) is 4.53. The number of hydrogen-bond acceptors (Lipinski definition) is 4. The third-order valence-corrected chi connectivity index (χ3v) is 7.07. The van der Waals surface area contributed by atoms with E-state index in [4.69, 9.17) is 4.74 Å². The van der Waals surface area contributed by atoms with E-state index >= 15 is 0 Å². The molecule has 1 atom stereocenters. The maximum absolute atomic E-state index is 12.2. The van der Waals surface area contributed by atoms with Crippen LogP contribution in [0, 0.1) is 6.92 Å². The highest BCUT2D eigenvalue weighted by molar-refractivity contribution is 7.92. The summed E-state index contributed by atoms with van der Waals surface area (Å²) in [5.74, 6) is 1.73. The molecule has 0 bridgehead atoms. The average Bonchev–Trinajstić information content (AvgIpc) is 2.56. The van der Waals surface area contributed by atoms with Crippen molar-refractivity contribution in [1.29, 1.82) is 0 Å². The molecule has 1 N–H and O–H groups in total. The van der Waals surface area contributed by atoms with Gasteiger partial charge in [0.2, 0.25) is 0 Å². The number of benzene rings is 1. The summed E-state index contributed by atoms with van der Waals surface area (Å²) < 4.78 is 29.6. The number of ether oxygens (including phenoxy) is 1. The highest BCUT2D eigenvalue weighted by Gasteiger charge is 2.40. The fraction of sp³-hybridized carbons (Fsp3) is 0.632. The molecule has 1 heterocycles. The number of aliphatic imine (C=N–C) groups is 1. The lowest BCUT2D eigenvalue weighted by Crippen LogP contribution is -2.57. The average molecular weight is 382 g/mol. The lowest BCUT2D eigenvalue weighted by Gasteiger charge is -2.39.